The van der Waals surface area contributed by atoms with Crippen LogP contribution in [0.5, 0.6) is 0 Å². The van der Waals surface area contributed by atoms with Crippen LogP contribution in [0.15, 0.2) is 29.2 Å². The molecule has 2 N–H and O–H groups in total. The van der Waals surface area contributed by atoms with Gasteiger partial charge in [0.2, 0.25) is 11.8 Å². The molecule has 3 amide bonds. The summed E-state index contributed by atoms with van der Waals surface area (Å²) in [6.45, 7) is 9.65. The average Bonchev–Trinajstić information content (AvgIpc) is 3.12. The lowest BCUT2D eigenvalue weighted by Crippen LogP contribution is -2.39. The molecule has 1 unspecified atom stereocenters. The molecule has 186 valence electrons. The molecule has 0 saturated heterocycles. The molecule has 2 heterocycles. The first-order valence-corrected chi connectivity index (χ1v) is 13.1. The first kappa shape index (κ1) is 26.6. The number of thioether (sulfide) groups is 1. The molecule has 10 heteroatoms. The Hall–Kier alpha value is -3.03. The molecule has 0 bridgehead atoms. The minimum absolute atomic E-state index is 0.159. The highest BCUT2D eigenvalue weighted by Crippen LogP contribution is 2.38. The number of ether oxygens (including phenoxy) is 1. The Morgan fingerprint density at radius 3 is 2.66 bits per heavy atom. The summed E-state index contributed by atoms with van der Waals surface area (Å²) >= 11 is 2.74. The van der Waals surface area contributed by atoms with Crippen molar-refractivity contribution in [2.45, 2.75) is 69.8 Å². The Balaban J connectivity index is 1.73. The Bertz CT molecular complexity index is 1160. The highest BCUT2D eigenvalue weighted by Gasteiger charge is 2.30. The minimum Gasteiger partial charge on any atom is -0.444 e. The fourth-order valence-corrected chi connectivity index (χ4v) is 5.85. The van der Waals surface area contributed by atoms with Gasteiger partial charge in [0.25, 0.3) is 0 Å². The van der Waals surface area contributed by atoms with Crippen molar-refractivity contribution in [1.82, 2.24) is 4.90 Å². The molecule has 1 aliphatic heterocycles. The first-order valence-electron chi connectivity index (χ1n) is 11.4. The maximum absolute atomic E-state index is 13.1. The van der Waals surface area contributed by atoms with E-state index in [-0.39, 0.29) is 23.2 Å². The molecule has 0 saturated carbocycles. The molecule has 0 aliphatic carbocycles. The van der Waals surface area contributed by atoms with Gasteiger partial charge in [0, 0.05) is 28.9 Å². The molecule has 0 radical (unpaired) electrons. The van der Waals surface area contributed by atoms with Crippen molar-refractivity contribution < 1.29 is 19.1 Å². The number of rotatable bonds is 6. The van der Waals surface area contributed by atoms with Crippen molar-refractivity contribution in [1.29, 1.82) is 5.26 Å². The number of amides is 3. The number of carbonyl (C=O) groups excluding carboxylic acids is 3. The lowest BCUT2D eigenvalue weighted by molar-refractivity contribution is -0.116. The van der Waals surface area contributed by atoms with Gasteiger partial charge >= 0.3 is 6.09 Å². The van der Waals surface area contributed by atoms with Gasteiger partial charge in [-0.25, -0.2) is 4.79 Å². The third-order valence-electron chi connectivity index (χ3n) is 5.15. The zero-order valence-corrected chi connectivity index (χ0v) is 22.2. The lowest BCUT2D eigenvalue weighted by atomic mass is 10.0. The van der Waals surface area contributed by atoms with Crippen molar-refractivity contribution in [3.05, 3.63) is 40.3 Å². The molecule has 0 fully saturated rings. The van der Waals surface area contributed by atoms with Gasteiger partial charge in [0.05, 0.1) is 17.4 Å². The monoisotopic (exact) mass is 514 g/mol. The first-order chi connectivity index (χ1) is 16.5. The Labute approximate surface area is 214 Å². The highest BCUT2D eigenvalue weighted by molar-refractivity contribution is 8.00. The summed E-state index contributed by atoms with van der Waals surface area (Å²) < 4.78 is 5.48. The molecule has 1 atom stereocenters. The van der Waals surface area contributed by atoms with Crippen molar-refractivity contribution in [3.63, 3.8) is 0 Å². The Kier molecular flexibility index (Phi) is 8.46. The van der Waals surface area contributed by atoms with Gasteiger partial charge in [-0.05, 0) is 57.4 Å². The predicted molar refractivity (Wildman–Crippen MR) is 139 cm³/mol. The van der Waals surface area contributed by atoms with Crippen LogP contribution in [0.4, 0.5) is 15.5 Å². The second-order valence-corrected chi connectivity index (χ2v) is 11.6. The number of anilines is 2. The van der Waals surface area contributed by atoms with Crippen LogP contribution in [-0.4, -0.2) is 40.2 Å². The molecular weight excluding hydrogens is 484 g/mol. The fraction of sp³-hybridized carbons (Fsp3) is 0.440. The van der Waals surface area contributed by atoms with Crippen LogP contribution in [0.25, 0.3) is 0 Å². The van der Waals surface area contributed by atoms with Crippen LogP contribution in [0.2, 0.25) is 0 Å². The van der Waals surface area contributed by atoms with E-state index in [1.54, 1.807) is 11.0 Å². The quantitative estimate of drug-likeness (QED) is 0.501. The summed E-state index contributed by atoms with van der Waals surface area (Å²) in [5.74, 6) is -0.352. The summed E-state index contributed by atoms with van der Waals surface area (Å²) in [6.07, 6.45) is 0.732. The van der Waals surface area contributed by atoms with Gasteiger partial charge < -0.3 is 20.3 Å². The van der Waals surface area contributed by atoms with Gasteiger partial charge in [-0.3, -0.25) is 9.59 Å². The minimum atomic E-state index is -0.585. The molecule has 1 aromatic heterocycles. The maximum atomic E-state index is 13.1. The van der Waals surface area contributed by atoms with Crippen LogP contribution in [0, 0.1) is 11.3 Å². The van der Waals surface area contributed by atoms with Gasteiger partial charge in [0.15, 0.2) is 0 Å². The standard InChI is InChI=1S/C25H30N4O4S2/c1-6-20(34-17-9-7-8-16(12-17)27-15(2)30)22(31)28-23-19(13-26)18-10-11-29(14-21(18)35-23)24(32)33-25(3,4)5/h7-9,12,20H,6,10-11,14H2,1-5H3,(H,27,30)(H,28,31). The van der Waals surface area contributed by atoms with Crippen LogP contribution in [0.1, 0.15) is 57.0 Å². The van der Waals surface area contributed by atoms with E-state index in [0.29, 0.717) is 42.2 Å². The largest absolute Gasteiger partial charge is 0.444 e. The second-order valence-electron chi connectivity index (χ2n) is 9.18. The highest BCUT2D eigenvalue weighted by atomic mass is 32.2. The molecule has 35 heavy (non-hydrogen) atoms. The van der Waals surface area contributed by atoms with Crippen LogP contribution in [0.3, 0.4) is 0 Å². The smallest absolute Gasteiger partial charge is 0.410 e. The van der Waals surface area contributed by atoms with E-state index in [2.05, 4.69) is 16.7 Å². The van der Waals surface area contributed by atoms with Crippen molar-refractivity contribution >= 4 is 51.7 Å². The normalized spacial score (nSPS) is 13.9. The van der Waals surface area contributed by atoms with E-state index in [1.165, 1.54) is 30.0 Å². The topological polar surface area (TPSA) is 112 Å². The molecule has 3 rings (SSSR count). The number of carbonyl (C=O) groups is 3. The van der Waals surface area contributed by atoms with E-state index >= 15 is 0 Å². The Morgan fingerprint density at radius 2 is 2.03 bits per heavy atom. The number of fused-ring (bicyclic) bond motifs is 1. The number of hydrogen-bond acceptors (Lipinski definition) is 7. The third kappa shape index (κ3) is 6.99. The molecule has 1 aliphatic rings. The SMILES string of the molecule is CCC(Sc1cccc(NC(C)=O)c1)C(=O)Nc1sc2c(c1C#N)CCN(C(=O)OC(C)(C)C)C2. The Morgan fingerprint density at radius 1 is 1.29 bits per heavy atom. The summed E-state index contributed by atoms with van der Waals surface area (Å²) in [6, 6.07) is 9.58. The number of benzene rings is 1. The molecule has 2 aromatic rings. The number of thiophene rings is 1. The molecule has 8 nitrogen and oxygen atoms in total. The van der Waals surface area contributed by atoms with E-state index in [1.807, 2.05) is 45.9 Å². The van der Waals surface area contributed by atoms with Crippen molar-refractivity contribution in [3.8, 4) is 6.07 Å². The van der Waals surface area contributed by atoms with Gasteiger partial charge in [-0.2, -0.15) is 5.26 Å². The molecule has 1 aromatic carbocycles. The zero-order valence-electron chi connectivity index (χ0n) is 20.6. The molecular formula is C25H30N4O4S2. The number of nitrogens with one attached hydrogen (secondary N) is 2. The van der Waals surface area contributed by atoms with Crippen LogP contribution >= 0.6 is 23.1 Å². The fourth-order valence-electron chi connectivity index (χ4n) is 3.62. The van der Waals surface area contributed by atoms with Crippen LogP contribution < -0.4 is 10.6 Å². The number of nitrogens with zero attached hydrogens (tertiary/aromatic N) is 2. The van der Waals surface area contributed by atoms with Crippen molar-refractivity contribution in [2.24, 2.45) is 0 Å². The predicted octanol–water partition coefficient (Wildman–Crippen LogP) is 5.38. The van der Waals surface area contributed by atoms with E-state index in [0.717, 1.165) is 15.3 Å². The van der Waals surface area contributed by atoms with Crippen molar-refractivity contribution in [2.75, 3.05) is 17.2 Å². The summed E-state index contributed by atoms with van der Waals surface area (Å²) in [5.41, 5.74) is 1.44. The van der Waals surface area contributed by atoms with Crippen LogP contribution in [-0.2, 0) is 27.3 Å². The third-order valence-corrected chi connectivity index (χ3v) is 7.64. The van der Waals surface area contributed by atoms with E-state index < -0.39 is 5.60 Å². The number of nitriles is 1. The summed E-state index contributed by atoms with van der Waals surface area (Å²) in [5, 5.41) is 15.6. The number of hydrogen-bond donors (Lipinski definition) is 2. The summed E-state index contributed by atoms with van der Waals surface area (Å²) in [7, 11) is 0. The average molecular weight is 515 g/mol. The van der Waals surface area contributed by atoms with E-state index in [9.17, 15) is 19.6 Å². The van der Waals surface area contributed by atoms with E-state index in [4.69, 9.17) is 4.74 Å². The van der Waals surface area contributed by atoms with Gasteiger partial charge in [0.1, 0.15) is 16.7 Å². The second kappa shape index (κ2) is 11.1. The zero-order chi connectivity index (χ0) is 25.8. The maximum Gasteiger partial charge on any atom is 0.410 e. The summed E-state index contributed by atoms with van der Waals surface area (Å²) in [4.78, 5) is 40.3. The van der Waals surface area contributed by atoms with Gasteiger partial charge in [-0.15, -0.1) is 23.1 Å². The lowest BCUT2D eigenvalue weighted by Gasteiger charge is -2.29. The van der Waals surface area contributed by atoms with Gasteiger partial charge in [-0.1, -0.05) is 13.0 Å². The molecule has 0 spiro atoms.